The van der Waals surface area contributed by atoms with Crippen LogP contribution in [0.25, 0.3) is 0 Å². The molecule has 23 heavy (non-hydrogen) atoms. The molecule has 6 heteroatoms. The van der Waals surface area contributed by atoms with Crippen molar-refractivity contribution in [2.24, 2.45) is 0 Å². The van der Waals surface area contributed by atoms with Crippen molar-refractivity contribution in [2.75, 3.05) is 17.7 Å². The van der Waals surface area contributed by atoms with Gasteiger partial charge in [0, 0.05) is 11.8 Å². The van der Waals surface area contributed by atoms with Crippen LogP contribution < -0.4 is 15.4 Å². The Bertz CT molecular complexity index is 672. The first-order chi connectivity index (χ1) is 11.2. The third-order valence-corrected chi connectivity index (χ3v) is 4.12. The summed E-state index contributed by atoms with van der Waals surface area (Å²) >= 11 is 0. The summed E-state index contributed by atoms with van der Waals surface area (Å²) in [7, 11) is 1.61. The van der Waals surface area contributed by atoms with Crippen molar-refractivity contribution in [2.45, 2.75) is 38.6 Å². The number of urea groups is 1. The van der Waals surface area contributed by atoms with Gasteiger partial charge in [0.1, 0.15) is 11.6 Å². The van der Waals surface area contributed by atoms with E-state index in [1.165, 1.54) is 12.8 Å². The predicted octanol–water partition coefficient (Wildman–Crippen LogP) is 3.96. The quantitative estimate of drug-likeness (QED) is 0.897. The van der Waals surface area contributed by atoms with Gasteiger partial charge >= 0.3 is 6.03 Å². The Balaban J connectivity index is 1.67. The number of anilines is 2. The van der Waals surface area contributed by atoms with Crippen LogP contribution in [0.3, 0.4) is 0 Å². The first-order valence-electron chi connectivity index (χ1n) is 7.94. The van der Waals surface area contributed by atoms with E-state index >= 15 is 0 Å². The van der Waals surface area contributed by atoms with Gasteiger partial charge in [0.05, 0.1) is 18.8 Å². The summed E-state index contributed by atoms with van der Waals surface area (Å²) in [5, 5.41) is 10.3. The van der Waals surface area contributed by atoms with Gasteiger partial charge in [-0.1, -0.05) is 12.8 Å². The van der Waals surface area contributed by atoms with Crippen molar-refractivity contribution >= 4 is 17.5 Å². The zero-order chi connectivity index (χ0) is 16.2. The fourth-order valence-corrected chi connectivity index (χ4v) is 2.99. The van der Waals surface area contributed by atoms with Crippen molar-refractivity contribution in [3.8, 4) is 5.75 Å². The Kier molecular flexibility index (Phi) is 4.50. The summed E-state index contributed by atoms with van der Waals surface area (Å²) in [4.78, 5) is 12.2. The molecular weight excluding hydrogens is 292 g/mol. The van der Waals surface area contributed by atoms with Crippen LogP contribution in [-0.2, 0) is 0 Å². The number of amides is 2. The monoisotopic (exact) mass is 314 g/mol. The molecule has 2 amide bonds. The van der Waals surface area contributed by atoms with E-state index in [9.17, 15) is 4.79 Å². The molecule has 1 heterocycles. The summed E-state index contributed by atoms with van der Waals surface area (Å²) in [6.45, 7) is 1.94. The first-order valence-corrected chi connectivity index (χ1v) is 7.94. The van der Waals surface area contributed by atoms with Gasteiger partial charge in [-0.15, -0.1) is 0 Å². The second-order valence-electron chi connectivity index (χ2n) is 5.86. The number of methoxy groups -OCH3 is 1. The number of aryl methyl sites for hydroxylation is 1. The van der Waals surface area contributed by atoms with Crippen LogP contribution in [0.2, 0.25) is 0 Å². The van der Waals surface area contributed by atoms with Gasteiger partial charge in [0.25, 0.3) is 0 Å². The first kappa shape index (κ1) is 15.4. The molecule has 0 aliphatic heterocycles. The number of hydrogen-bond acceptors (Lipinski definition) is 3. The fraction of sp³-hybridized carbons (Fsp3) is 0.412. The third-order valence-electron chi connectivity index (χ3n) is 4.12. The van der Waals surface area contributed by atoms with Crippen LogP contribution >= 0.6 is 0 Å². The highest BCUT2D eigenvalue weighted by Crippen LogP contribution is 2.31. The fourth-order valence-electron chi connectivity index (χ4n) is 2.99. The molecule has 0 unspecified atom stereocenters. The van der Waals surface area contributed by atoms with Crippen LogP contribution in [0, 0.1) is 6.92 Å². The summed E-state index contributed by atoms with van der Waals surface area (Å²) < 4.78 is 7.06. The number of benzene rings is 1. The molecular formula is C17H22N4O2. The topological polar surface area (TPSA) is 68.2 Å². The largest absolute Gasteiger partial charge is 0.497 e. The maximum absolute atomic E-state index is 12.2. The highest BCUT2D eigenvalue weighted by Gasteiger charge is 2.21. The molecule has 2 aromatic rings. The van der Waals surface area contributed by atoms with E-state index in [0.29, 0.717) is 11.7 Å². The van der Waals surface area contributed by atoms with E-state index < -0.39 is 0 Å². The van der Waals surface area contributed by atoms with Gasteiger partial charge < -0.3 is 10.1 Å². The lowest BCUT2D eigenvalue weighted by Crippen LogP contribution is -2.22. The van der Waals surface area contributed by atoms with E-state index in [4.69, 9.17) is 4.74 Å². The van der Waals surface area contributed by atoms with Gasteiger partial charge in [-0.25, -0.2) is 9.48 Å². The predicted molar refractivity (Wildman–Crippen MR) is 90.1 cm³/mol. The average molecular weight is 314 g/mol. The summed E-state index contributed by atoms with van der Waals surface area (Å²) in [6.07, 6.45) is 4.69. The third kappa shape index (κ3) is 3.64. The van der Waals surface area contributed by atoms with Gasteiger partial charge in [0.2, 0.25) is 0 Å². The molecule has 1 aliphatic carbocycles. The van der Waals surface area contributed by atoms with Crippen molar-refractivity contribution in [1.82, 2.24) is 9.78 Å². The van der Waals surface area contributed by atoms with Crippen molar-refractivity contribution in [1.29, 1.82) is 0 Å². The van der Waals surface area contributed by atoms with E-state index in [1.807, 2.05) is 29.8 Å². The maximum atomic E-state index is 12.2. The minimum absolute atomic E-state index is 0.269. The normalized spacial score (nSPS) is 14.7. The lowest BCUT2D eigenvalue weighted by molar-refractivity contribution is 0.262. The number of carbonyl (C=O) groups is 1. The molecule has 2 N–H and O–H groups in total. The minimum atomic E-state index is -0.269. The van der Waals surface area contributed by atoms with E-state index in [1.54, 1.807) is 19.2 Å². The lowest BCUT2D eigenvalue weighted by Gasteiger charge is -2.15. The second-order valence-corrected chi connectivity index (χ2v) is 5.86. The van der Waals surface area contributed by atoms with Crippen LogP contribution in [-0.4, -0.2) is 22.9 Å². The lowest BCUT2D eigenvalue weighted by atomic mass is 10.2. The highest BCUT2D eigenvalue weighted by molar-refractivity contribution is 5.99. The number of carbonyl (C=O) groups excluding carboxylic acids is 1. The van der Waals surface area contributed by atoms with Crippen molar-refractivity contribution in [3.63, 3.8) is 0 Å². The molecule has 1 aliphatic rings. The highest BCUT2D eigenvalue weighted by atomic mass is 16.5. The Morgan fingerprint density at radius 1 is 1.22 bits per heavy atom. The summed E-state index contributed by atoms with van der Waals surface area (Å²) in [5.74, 6) is 1.51. The molecule has 0 bridgehead atoms. The Hall–Kier alpha value is -2.50. The average Bonchev–Trinajstić information content (AvgIpc) is 3.17. The SMILES string of the molecule is COc1ccc(NC(=O)Nc2cc(C)nn2C2CCCC2)cc1. The number of rotatable bonds is 4. The second kappa shape index (κ2) is 6.73. The molecule has 0 saturated heterocycles. The molecule has 3 rings (SSSR count). The summed E-state index contributed by atoms with van der Waals surface area (Å²) in [6, 6.07) is 9.25. The van der Waals surface area contributed by atoms with Gasteiger partial charge in [0.15, 0.2) is 0 Å². The minimum Gasteiger partial charge on any atom is -0.497 e. The van der Waals surface area contributed by atoms with Crippen molar-refractivity contribution in [3.05, 3.63) is 36.0 Å². The Morgan fingerprint density at radius 3 is 2.57 bits per heavy atom. The zero-order valence-corrected chi connectivity index (χ0v) is 13.5. The molecule has 1 fully saturated rings. The standard InChI is InChI=1S/C17H22N4O2/c1-12-11-16(21(20-12)14-5-3-4-6-14)19-17(22)18-13-7-9-15(23-2)10-8-13/h7-11,14H,3-6H2,1-2H3,(H2,18,19,22). The molecule has 1 aromatic carbocycles. The maximum Gasteiger partial charge on any atom is 0.324 e. The molecule has 0 atom stereocenters. The Labute approximate surface area is 135 Å². The molecule has 0 radical (unpaired) electrons. The molecule has 0 spiro atoms. The van der Waals surface area contributed by atoms with Crippen LogP contribution in [0.15, 0.2) is 30.3 Å². The number of nitrogens with zero attached hydrogens (tertiary/aromatic N) is 2. The molecule has 1 saturated carbocycles. The Morgan fingerprint density at radius 2 is 1.91 bits per heavy atom. The van der Waals surface area contributed by atoms with Crippen LogP contribution in [0.4, 0.5) is 16.3 Å². The number of ether oxygens (including phenoxy) is 1. The van der Waals surface area contributed by atoms with E-state index in [2.05, 4.69) is 15.7 Å². The number of aromatic nitrogens is 2. The molecule has 6 nitrogen and oxygen atoms in total. The van der Waals surface area contributed by atoms with Gasteiger partial charge in [-0.05, 0) is 44.0 Å². The number of nitrogens with one attached hydrogen (secondary N) is 2. The van der Waals surface area contributed by atoms with Crippen molar-refractivity contribution < 1.29 is 9.53 Å². The van der Waals surface area contributed by atoms with E-state index in [-0.39, 0.29) is 6.03 Å². The smallest absolute Gasteiger partial charge is 0.324 e. The van der Waals surface area contributed by atoms with Gasteiger partial charge in [-0.3, -0.25) is 5.32 Å². The van der Waals surface area contributed by atoms with E-state index in [0.717, 1.165) is 30.1 Å². The van der Waals surface area contributed by atoms with Crippen LogP contribution in [0.1, 0.15) is 37.4 Å². The summed E-state index contributed by atoms with van der Waals surface area (Å²) in [5.41, 5.74) is 1.63. The zero-order valence-electron chi connectivity index (χ0n) is 13.5. The molecule has 122 valence electrons. The van der Waals surface area contributed by atoms with Crippen LogP contribution in [0.5, 0.6) is 5.75 Å². The van der Waals surface area contributed by atoms with Gasteiger partial charge in [-0.2, -0.15) is 5.10 Å². The number of hydrogen-bond donors (Lipinski definition) is 2. The molecule has 1 aromatic heterocycles.